The summed E-state index contributed by atoms with van der Waals surface area (Å²) in [4.78, 5) is 15.7. The quantitative estimate of drug-likeness (QED) is 0.387. The van der Waals surface area contributed by atoms with E-state index in [1.807, 2.05) is 54.6 Å². The van der Waals surface area contributed by atoms with Gasteiger partial charge in [0.2, 0.25) is 0 Å². The second kappa shape index (κ2) is 9.40. The number of aromatic amines is 1. The van der Waals surface area contributed by atoms with Crippen molar-refractivity contribution >= 4 is 27.7 Å². The molecule has 1 heterocycles. The number of nitrogens with one attached hydrogen (secondary N) is 2. The van der Waals surface area contributed by atoms with Gasteiger partial charge in [0.1, 0.15) is 12.4 Å². The van der Waals surface area contributed by atoms with Crippen LogP contribution in [0.3, 0.4) is 0 Å². The van der Waals surface area contributed by atoms with Crippen molar-refractivity contribution < 1.29 is 24.1 Å². The van der Waals surface area contributed by atoms with Gasteiger partial charge in [0, 0.05) is 21.8 Å². The Balaban J connectivity index is 1.34. The maximum absolute atomic E-state index is 12.3. The van der Waals surface area contributed by atoms with E-state index in [0.29, 0.717) is 17.2 Å². The Labute approximate surface area is 179 Å². The summed E-state index contributed by atoms with van der Waals surface area (Å²) >= 11 is 0. The average Bonchev–Trinajstić information content (AvgIpc) is 3.18. The topological polar surface area (TPSA) is 92.8 Å². The van der Waals surface area contributed by atoms with Crippen LogP contribution in [-0.4, -0.2) is 49.0 Å². The van der Waals surface area contributed by atoms with Gasteiger partial charge in [0.05, 0.1) is 19.8 Å². The van der Waals surface area contributed by atoms with Crippen LogP contribution in [0.5, 0.6) is 17.2 Å². The summed E-state index contributed by atoms with van der Waals surface area (Å²) in [6.45, 7) is -0.328. The van der Waals surface area contributed by atoms with Crippen molar-refractivity contribution in [1.82, 2.24) is 10.3 Å². The number of aliphatic hydroxyl groups excluding tert-OH is 1. The number of rotatable bonds is 9. The van der Waals surface area contributed by atoms with Crippen molar-refractivity contribution in [3.63, 3.8) is 0 Å². The first-order valence-corrected chi connectivity index (χ1v) is 9.97. The number of aromatic nitrogens is 1. The lowest BCUT2D eigenvalue weighted by Gasteiger charge is -2.18. The second-order valence-corrected chi connectivity index (χ2v) is 7.08. The van der Waals surface area contributed by atoms with Gasteiger partial charge in [-0.2, -0.15) is 0 Å². The number of fused-ring (bicyclic) bond motifs is 3. The molecule has 160 valence electrons. The minimum atomic E-state index is -0.572. The van der Waals surface area contributed by atoms with Crippen LogP contribution in [0.4, 0.5) is 0 Å². The molecule has 0 radical (unpaired) electrons. The van der Waals surface area contributed by atoms with Gasteiger partial charge in [0.25, 0.3) is 5.91 Å². The fourth-order valence-corrected chi connectivity index (χ4v) is 3.40. The van der Waals surface area contributed by atoms with Crippen molar-refractivity contribution in [2.45, 2.75) is 6.04 Å². The molecule has 1 aromatic heterocycles. The summed E-state index contributed by atoms with van der Waals surface area (Å²) in [7, 11) is 1.55. The molecule has 1 unspecified atom stereocenters. The van der Waals surface area contributed by atoms with E-state index in [-0.39, 0.29) is 25.7 Å². The predicted octanol–water partition coefficient (Wildman–Crippen LogP) is 3.26. The third kappa shape index (κ3) is 4.73. The molecule has 4 rings (SSSR count). The van der Waals surface area contributed by atoms with E-state index in [1.165, 1.54) is 0 Å². The first kappa shape index (κ1) is 20.6. The fourth-order valence-electron chi connectivity index (χ4n) is 3.40. The number of aliphatic hydroxyl groups is 1. The van der Waals surface area contributed by atoms with Crippen LogP contribution in [0.2, 0.25) is 0 Å². The highest BCUT2D eigenvalue weighted by molar-refractivity contribution is 6.07. The van der Waals surface area contributed by atoms with Crippen LogP contribution in [0.25, 0.3) is 21.8 Å². The smallest absolute Gasteiger partial charge is 0.258 e. The van der Waals surface area contributed by atoms with Crippen molar-refractivity contribution in [3.05, 3.63) is 66.7 Å². The highest BCUT2D eigenvalue weighted by Gasteiger charge is 2.14. The zero-order chi connectivity index (χ0) is 21.6. The monoisotopic (exact) mass is 420 g/mol. The number of carbonyl (C=O) groups excluding carboxylic acids is 1. The Bertz CT molecular complexity index is 1190. The molecule has 1 atom stereocenters. The van der Waals surface area contributed by atoms with E-state index in [4.69, 9.17) is 14.2 Å². The number of amides is 1. The molecule has 0 saturated heterocycles. The maximum Gasteiger partial charge on any atom is 0.258 e. The van der Waals surface area contributed by atoms with Crippen molar-refractivity contribution in [1.29, 1.82) is 0 Å². The van der Waals surface area contributed by atoms with Crippen LogP contribution in [0.15, 0.2) is 66.7 Å². The molecule has 0 aliphatic carbocycles. The SMILES string of the molecule is COc1ccccc1OCC(CO)NC(=O)COc1ccc2[nH]c3ccccc3c2c1. The number of ether oxygens (including phenoxy) is 3. The molecule has 0 aliphatic rings. The van der Waals surface area contributed by atoms with Gasteiger partial charge in [-0.25, -0.2) is 0 Å². The lowest BCUT2D eigenvalue weighted by Crippen LogP contribution is -2.43. The lowest BCUT2D eigenvalue weighted by molar-refractivity contribution is -0.124. The maximum atomic E-state index is 12.3. The third-order valence-corrected chi connectivity index (χ3v) is 4.94. The number of methoxy groups -OCH3 is 1. The highest BCUT2D eigenvalue weighted by Crippen LogP contribution is 2.28. The van der Waals surface area contributed by atoms with E-state index in [0.717, 1.165) is 21.8 Å². The molecule has 4 aromatic rings. The molecule has 31 heavy (non-hydrogen) atoms. The molecule has 7 nitrogen and oxygen atoms in total. The zero-order valence-corrected chi connectivity index (χ0v) is 17.1. The molecule has 0 spiro atoms. The normalized spacial score (nSPS) is 11.9. The van der Waals surface area contributed by atoms with Gasteiger partial charge in [-0.3, -0.25) is 4.79 Å². The molecule has 0 bridgehead atoms. The summed E-state index contributed by atoms with van der Waals surface area (Å²) in [5, 5.41) is 14.4. The van der Waals surface area contributed by atoms with Crippen LogP contribution in [0, 0.1) is 0 Å². The molecule has 1 amide bonds. The molecule has 3 aromatic carbocycles. The summed E-state index contributed by atoms with van der Waals surface area (Å²) in [5.41, 5.74) is 2.06. The summed E-state index contributed by atoms with van der Waals surface area (Å²) in [6, 6.07) is 20.3. The Morgan fingerprint density at radius 3 is 2.52 bits per heavy atom. The Kier molecular flexibility index (Phi) is 6.24. The standard InChI is InChI=1S/C24H24N2O5/c1-29-22-8-4-5-9-23(22)31-14-16(13-27)25-24(28)15-30-17-10-11-21-19(12-17)18-6-2-3-7-20(18)26-21/h2-12,16,26-27H,13-15H2,1H3,(H,25,28). The molecule has 0 aliphatic heterocycles. The summed E-state index contributed by atoms with van der Waals surface area (Å²) in [5.74, 6) is 1.38. The van der Waals surface area contributed by atoms with Gasteiger partial charge >= 0.3 is 0 Å². The highest BCUT2D eigenvalue weighted by atomic mass is 16.5. The van der Waals surface area contributed by atoms with Crippen molar-refractivity contribution in [2.24, 2.45) is 0 Å². The summed E-state index contributed by atoms with van der Waals surface area (Å²) < 4.78 is 16.6. The molecular weight excluding hydrogens is 396 g/mol. The van der Waals surface area contributed by atoms with Crippen LogP contribution >= 0.6 is 0 Å². The zero-order valence-electron chi connectivity index (χ0n) is 17.1. The molecule has 7 heteroatoms. The minimum Gasteiger partial charge on any atom is -0.493 e. The van der Waals surface area contributed by atoms with E-state index in [1.54, 1.807) is 19.2 Å². The largest absolute Gasteiger partial charge is 0.493 e. The first-order valence-electron chi connectivity index (χ1n) is 9.97. The lowest BCUT2D eigenvalue weighted by atomic mass is 10.1. The third-order valence-electron chi connectivity index (χ3n) is 4.94. The average molecular weight is 420 g/mol. The van der Waals surface area contributed by atoms with E-state index < -0.39 is 6.04 Å². The van der Waals surface area contributed by atoms with Gasteiger partial charge in [-0.15, -0.1) is 0 Å². The van der Waals surface area contributed by atoms with E-state index in [9.17, 15) is 9.90 Å². The van der Waals surface area contributed by atoms with E-state index >= 15 is 0 Å². The number of para-hydroxylation sites is 3. The predicted molar refractivity (Wildman–Crippen MR) is 119 cm³/mol. The molecule has 0 fully saturated rings. The van der Waals surface area contributed by atoms with Crippen LogP contribution < -0.4 is 19.5 Å². The molecular formula is C24H24N2O5. The number of carbonyl (C=O) groups is 1. The Morgan fingerprint density at radius 2 is 1.71 bits per heavy atom. The first-order chi connectivity index (χ1) is 15.2. The van der Waals surface area contributed by atoms with E-state index in [2.05, 4.69) is 10.3 Å². The van der Waals surface area contributed by atoms with Crippen LogP contribution in [-0.2, 0) is 4.79 Å². The summed E-state index contributed by atoms with van der Waals surface area (Å²) in [6.07, 6.45) is 0. The second-order valence-electron chi connectivity index (χ2n) is 7.08. The molecule has 3 N–H and O–H groups in total. The number of hydrogen-bond donors (Lipinski definition) is 3. The van der Waals surface area contributed by atoms with Crippen LogP contribution in [0.1, 0.15) is 0 Å². The van der Waals surface area contributed by atoms with Gasteiger partial charge in [0.15, 0.2) is 18.1 Å². The van der Waals surface area contributed by atoms with Crippen molar-refractivity contribution in [3.8, 4) is 17.2 Å². The Hall–Kier alpha value is -3.71. The minimum absolute atomic E-state index is 0.101. The number of hydrogen-bond acceptors (Lipinski definition) is 5. The van der Waals surface area contributed by atoms with Gasteiger partial charge < -0.3 is 29.6 Å². The Morgan fingerprint density at radius 1 is 0.968 bits per heavy atom. The van der Waals surface area contributed by atoms with Gasteiger partial charge in [-0.1, -0.05) is 30.3 Å². The fraction of sp³-hybridized carbons (Fsp3) is 0.208. The number of H-pyrrole nitrogens is 1. The number of benzene rings is 3. The van der Waals surface area contributed by atoms with Gasteiger partial charge in [-0.05, 0) is 36.4 Å². The molecule has 0 saturated carbocycles. The van der Waals surface area contributed by atoms with Crippen molar-refractivity contribution in [2.75, 3.05) is 26.9 Å².